The molecule has 2 aliphatic carbocycles. The van der Waals surface area contributed by atoms with Crippen LogP contribution in [0, 0.1) is 37.8 Å². The Bertz CT molecular complexity index is 482. The minimum atomic E-state index is 0. The molecular formula is C24H44Cl2SiZr-4. The zero-order valence-electron chi connectivity index (χ0n) is 20.0. The van der Waals surface area contributed by atoms with Crippen molar-refractivity contribution in [3.63, 3.8) is 0 Å². The van der Waals surface area contributed by atoms with Gasteiger partial charge in [-0.15, -0.1) is 37.7 Å². The van der Waals surface area contributed by atoms with Gasteiger partial charge in [0.25, 0.3) is 0 Å². The third kappa shape index (κ3) is 14.6. The number of rotatable bonds is 2. The predicted molar refractivity (Wildman–Crippen MR) is 134 cm³/mol. The fourth-order valence-electron chi connectivity index (χ4n) is 2.46. The van der Waals surface area contributed by atoms with Gasteiger partial charge in [0.15, 0.2) is 0 Å². The molecule has 0 saturated heterocycles. The molecule has 0 fully saturated rings. The molecule has 2 aliphatic rings. The molecule has 0 bridgehead atoms. The molecule has 166 valence electrons. The Balaban J connectivity index is -0.000000102. The van der Waals surface area contributed by atoms with Gasteiger partial charge in [0, 0.05) is 0 Å². The topological polar surface area (TPSA) is 0 Å². The molecule has 0 N–H and O–H groups in total. The second-order valence-electron chi connectivity index (χ2n) is 8.30. The Morgan fingerprint density at radius 2 is 1.00 bits per heavy atom. The summed E-state index contributed by atoms with van der Waals surface area (Å²) in [6.07, 6.45) is 15.7. The summed E-state index contributed by atoms with van der Waals surface area (Å²) >= 11 is 1.58. The van der Waals surface area contributed by atoms with Crippen molar-refractivity contribution < 1.29 is 23.3 Å². The van der Waals surface area contributed by atoms with Gasteiger partial charge in [-0.25, -0.2) is 23.3 Å². The maximum absolute atomic E-state index is 3.39. The molecule has 0 radical (unpaired) electrons. The third-order valence-corrected chi connectivity index (χ3v) is 4.40. The predicted octanol–water partition coefficient (Wildman–Crippen LogP) is 7.83. The van der Waals surface area contributed by atoms with E-state index in [-0.39, 0.29) is 39.7 Å². The van der Waals surface area contributed by atoms with Crippen molar-refractivity contribution in [1.29, 1.82) is 0 Å². The first-order chi connectivity index (χ1) is 11.1. The average Bonchev–Trinajstić information content (AvgIpc) is 3.18. The molecule has 0 atom stereocenters. The molecule has 0 aromatic rings. The van der Waals surface area contributed by atoms with Gasteiger partial charge < -0.3 is 14.9 Å². The van der Waals surface area contributed by atoms with Gasteiger partial charge in [-0.1, -0.05) is 68.2 Å². The van der Waals surface area contributed by atoms with Crippen LogP contribution in [0.4, 0.5) is 0 Å². The Hall–Kier alpha value is 0.640. The second-order valence-corrected chi connectivity index (χ2v) is 8.30. The zero-order chi connectivity index (χ0) is 19.0. The van der Waals surface area contributed by atoms with Crippen LogP contribution in [-0.2, 0) is 23.3 Å². The van der Waals surface area contributed by atoms with Gasteiger partial charge in [0.1, 0.15) is 0 Å². The van der Waals surface area contributed by atoms with Crippen molar-refractivity contribution in [2.24, 2.45) is 10.8 Å². The van der Waals surface area contributed by atoms with Gasteiger partial charge in [-0.05, 0) is 10.8 Å². The molecular weight excluding hydrogens is 478 g/mol. The van der Waals surface area contributed by atoms with Gasteiger partial charge in [0.05, 0.1) is 0 Å². The van der Waals surface area contributed by atoms with Crippen LogP contribution in [0.5, 0.6) is 0 Å². The first-order valence-electron chi connectivity index (χ1n) is 9.04. The normalized spacial score (nSPS) is 14.4. The van der Waals surface area contributed by atoms with E-state index in [1.807, 2.05) is 6.88 Å². The Morgan fingerprint density at radius 1 is 0.750 bits per heavy atom. The molecule has 0 unspecified atom stereocenters. The summed E-state index contributed by atoms with van der Waals surface area (Å²) in [6, 6.07) is 0. The number of halogens is 2. The van der Waals surface area contributed by atoms with Crippen molar-refractivity contribution in [2.75, 3.05) is 0 Å². The standard InChI is InChI=1S/2C11H17.2CH3.2ClH.H2Si.Zr/c2*1-5-9-6-7-10(8-9)11(2,3)4;;;;;;/h2*8H,5,7H2,1-4H3;2*1H3;2*1H;1H2;/q4*-1;;;;. The first kappa shape index (κ1) is 39.2. The van der Waals surface area contributed by atoms with Gasteiger partial charge in [-0.2, -0.15) is 11.1 Å². The van der Waals surface area contributed by atoms with Crippen molar-refractivity contribution in [1.82, 2.24) is 0 Å². The van der Waals surface area contributed by atoms with Crippen LogP contribution in [0.25, 0.3) is 0 Å². The number of hydrogen-bond acceptors (Lipinski definition) is 0. The fraction of sp³-hybridized carbons (Fsp3) is 0.583. The SMILES string of the molecule is CCC1=[C-]CC(C(C)(C)C)=C1.CCC1=[C-]CC(C(C)(C)C)=C1.Cl.Cl.[CH3-].[CH3-].[SiH2]=[Zr]. The van der Waals surface area contributed by atoms with Crippen LogP contribution in [0.1, 0.15) is 81.1 Å². The monoisotopic (exact) mass is 520 g/mol. The molecule has 28 heavy (non-hydrogen) atoms. The maximum atomic E-state index is 3.39. The van der Waals surface area contributed by atoms with E-state index >= 15 is 0 Å². The molecule has 0 aromatic carbocycles. The molecule has 0 aromatic heterocycles. The quantitative estimate of drug-likeness (QED) is 0.256. The molecule has 0 aliphatic heterocycles. The summed E-state index contributed by atoms with van der Waals surface area (Å²) < 4.78 is 0. The Kier molecular flexibility index (Phi) is 25.7. The molecule has 0 saturated carbocycles. The van der Waals surface area contributed by atoms with Crippen LogP contribution < -0.4 is 0 Å². The van der Waals surface area contributed by atoms with E-state index in [0.717, 1.165) is 25.7 Å². The van der Waals surface area contributed by atoms with Crippen LogP contribution in [0.15, 0.2) is 34.4 Å². The van der Waals surface area contributed by atoms with Crippen molar-refractivity contribution >= 4 is 31.7 Å². The van der Waals surface area contributed by atoms with E-state index in [0.29, 0.717) is 10.8 Å². The van der Waals surface area contributed by atoms with Gasteiger partial charge in [0.2, 0.25) is 0 Å². The third-order valence-electron chi connectivity index (χ3n) is 4.40. The summed E-state index contributed by atoms with van der Waals surface area (Å²) in [7, 11) is 0. The summed E-state index contributed by atoms with van der Waals surface area (Å²) in [4.78, 5) is 0. The van der Waals surface area contributed by atoms with Crippen LogP contribution in [-0.4, -0.2) is 6.88 Å². The minimum absolute atomic E-state index is 0. The molecule has 0 amide bonds. The van der Waals surface area contributed by atoms with Crippen molar-refractivity contribution in [3.8, 4) is 0 Å². The fourth-order valence-corrected chi connectivity index (χ4v) is 2.46. The first-order valence-corrected chi connectivity index (χ1v) is 15.0. The summed E-state index contributed by atoms with van der Waals surface area (Å²) in [6.45, 7) is 19.9. The number of allylic oxidation sites excluding steroid dienone is 8. The van der Waals surface area contributed by atoms with Crippen LogP contribution in [0.2, 0.25) is 0 Å². The summed E-state index contributed by atoms with van der Waals surface area (Å²) in [5.74, 6) is 0. The summed E-state index contributed by atoms with van der Waals surface area (Å²) in [5, 5.41) is 0. The second kappa shape index (κ2) is 18.4. The van der Waals surface area contributed by atoms with Gasteiger partial charge in [-0.3, -0.25) is 12.2 Å². The molecule has 0 nitrogen and oxygen atoms in total. The Morgan fingerprint density at radius 3 is 1.11 bits per heavy atom. The van der Waals surface area contributed by atoms with E-state index in [2.05, 4.69) is 79.7 Å². The summed E-state index contributed by atoms with van der Waals surface area (Å²) in [5.41, 5.74) is 6.49. The van der Waals surface area contributed by atoms with E-state index in [4.69, 9.17) is 0 Å². The van der Waals surface area contributed by atoms with Crippen molar-refractivity contribution in [2.45, 2.75) is 81.1 Å². The Labute approximate surface area is 207 Å². The average molecular weight is 523 g/mol. The van der Waals surface area contributed by atoms with E-state index in [1.165, 1.54) is 22.3 Å². The molecule has 0 spiro atoms. The van der Waals surface area contributed by atoms with E-state index < -0.39 is 0 Å². The van der Waals surface area contributed by atoms with Crippen molar-refractivity contribution in [3.05, 3.63) is 61.4 Å². The van der Waals surface area contributed by atoms with Crippen LogP contribution >= 0.6 is 24.8 Å². The number of hydrogen-bond donors (Lipinski definition) is 0. The zero-order valence-corrected chi connectivity index (χ0v) is 25.5. The molecule has 2 rings (SSSR count). The molecule has 0 heterocycles. The van der Waals surface area contributed by atoms with Crippen LogP contribution in [0.3, 0.4) is 0 Å². The van der Waals surface area contributed by atoms with Gasteiger partial charge >= 0.3 is 30.2 Å². The molecule has 4 heteroatoms. The van der Waals surface area contributed by atoms with E-state index in [9.17, 15) is 0 Å². The van der Waals surface area contributed by atoms with E-state index in [1.54, 1.807) is 23.3 Å².